The van der Waals surface area contributed by atoms with Crippen molar-refractivity contribution in [2.24, 2.45) is 0 Å². The maximum Gasteiger partial charge on any atom is 0.263 e. The first-order valence-electron chi connectivity index (χ1n) is 6.94. The fraction of sp³-hybridized carbons (Fsp3) is 0.294. The number of rotatable bonds is 7. The van der Waals surface area contributed by atoms with Crippen LogP contribution in [0, 0.1) is 0 Å². The van der Waals surface area contributed by atoms with Crippen molar-refractivity contribution in [3.63, 3.8) is 0 Å². The third-order valence-corrected chi connectivity index (χ3v) is 3.37. The standard InChI is InChI=1S/C17H19F2NO/c18-17(19)15-8-6-14(7-9-15)11-20-16(12-21)10-13-4-2-1-3-5-13/h1-9,16-17,20-21H,10-12H2. The van der Waals surface area contributed by atoms with Crippen molar-refractivity contribution in [2.45, 2.75) is 25.4 Å². The lowest BCUT2D eigenvalue weighted by Gasteiger charge is -2.16. The number of nitrogens with one attached hydrogen (secondary N) is 1. The zero-order chi connectivity index (χ0) is 15.1. The van der Waals surface area contributed by atoms with E-state index < -0.39 is 6.43 Å². The SMILES string of the molecule is OCC(Cc1ccccc1)NCc1ccc(C(F)F)cc1. The summed E-state index contributed by atoms with van der Waals surface area (Å²) in [5.41, 5.74) is 2.10. The smallest absolute Gasteiger partial charge is 0.263 e. The lowest BCUT2D eigenvalue weighted by Crippen LogP contribution is -2.34. The summed E-state index contributed by atoms with van der Waals surface area (Å²) in [6, 6.07) is 16.1. The van der Waals surface area contributed by atoms with Crippen molar-refractivity contribution >= 4 is 0 Å². The Kier molecular flexibility index (Phi) is 5.84. The largest absolute Gasteiger partial charge is 0.395 e. The van der Waals surface area contributed by atoms with Crippen molar-refractivity contribution in [1.29, 1.82) is 0 Å². The van der Waals surface area contributed by atoms with Gasteiger partial charge in [-0.05, 0) is 17.5 Å². The van der Waals surface area contributed by atoms with Crippen molar-refractivity contribution < 1.29 is 13.9 Å². The van der Waals surface area contributed by atoms with Crippen LogP contribution in [-0.4, -0.2) is 17.8 Å². The Balaban J connectivity index is 1.88. The Bertz CT molecular complexity index is 528. The summed E-state index contributed by atoms with van der Waals surface area (Å²) in [6.07, 6.45) is -1.71. The molecule has 0 saturated heterocycles. The van der Waals surface area contributed by atoms with Gasteiger partial charge in [0.25, 0.3) is 6.43 Å². The second-order valence-electron chi connectivity index (χ2n) is 4.99. The van der Waals surface area contributed by atoms with E-state index in [4.69, 9.17) is 0 Å². The van der Waals surface area contributed by atoms with E-state index in [1.54, 1.807) is 12.1 Å². The zero-order valence-corrected chi connectivity index (χ0v) is 11.7. The molecule has 0 aliphatic rings. The van der Waals surface area contributed by atoms with E-state index >= 15 is 0 Å². The molecule has 0 aliphatic heterocycles. The molecule has 0 spiro atoms. The quantitative estimate of drug-likeness (QED) is 0.820. The van der Waals surface area contributed by atoms with Crippen molar-refractivity contribution in [1.82, 2.24) is 5.32 Å². The Morgan fingerprint density at radius 3 is 2.14 bits per heavy atom. The maximum atomic E-state index is 12.5. The molecule has 0 heterocycles. The molecule has 2 aromatic carbocycles. The van der Waals surface area contributed by atoms with E-state index in [9.17, 15) is 13.9 Å². The molecule has 0 aliphatic carbocycles. The van der Waals surface area contributed by atoms with Crippen molar-refractivity contribution in [2.75, 3.05) is 6.61 Å². The molecular weight excluding hydrogens is 272 g/mol. The second-order valence-corrected chi connectivity index (χ2v) is 4.99. The summed E-state index contributed by atoms with van der Waals surface area (Å²) in [7, 11) is 0. The predicted molar refractivity (Wildman–Crippen MR) is 79.3 cm³/mol. The van der Waals surface area contributed by atoms with Crippen LogP contribution in [0.15, 0.2) is 54.6 Å². The molecule has 1 unspecified atom stereocenters. The molecule has 2 nitrogen and oxygen atoms in total. The minimum absolute atomic E-state index is 0.0294. The molecule has 112 valence electrons. The first kappa shape index (κ1) is 15.6. The molecular formula is C17H19F2NO. The van der Waals surface area contributed by atoms with Crippen LogP contribution in [0.4, 0.5) is 8.78 Å². The lowest BCUT2D eigenvalue weighted by atomic mass is 10.1. The number of alkyl halides is 2. The molecule has 0 radical (unpaired) electrons. The third kappa shape index (κ3) is 4.92. The van der Waals surface area contributed by atoms with E-state index in [2.05, 4.69) is 5.32 Å². The average Bonchev–Trinajstić information content (AvgIpc) is 2.52. The molecule has 2 rings (SSSR count). The van der Waals surface area contributed by atoms with Crippen LogP contribution >= 0.6 is 0 Å². The van der Waals surface area contributed by atoms with Gasteiger partial charge < -0.3 is 10.4 Å². The van der Waals surface area contributed by atoms with Gasteiger partial charge in [0.2, 0.25) is 0 Å². The Labute approximate surface area is 123 Å². The molecule has 0 saturated carbocycles. The van der Waals surface area contributed by atoms with Gasteiger partial charge in [-0.2, -0.15) is 0 Å². The number of aliphatic hydroxyl groups excluding tert-OH is 1. The number of hydrogen-bond donors (Lipinski definition) is 2. The van der Waals surface area contributed by atoms with Gasteiger partial charge in [-0.3, -0.25) is 0 Å². The minimum atomic E-state index is -2.43. The van der Waals surface area contributed by atoms with Gasteiger partial charge in [0, 0.05) is 18.2 Å². The summed E-state index contributed by atoms with van der Waals surface area (Å²) < 4.78 is 24.9. The highest BCUT2D eigenvalue weighted by atomic mass is 19.3. The van der Waals surface area contributed by atoms with E-state index in [1.807, 2.05) is 30.3 Å². The van der Waals surface area contributed by atoms with Crippen molar-refractivity contribution in [3.8, 4) is 0 Å². The van der Waals surface area contributed by atoms with Crippen LogP contribution in [0.2, 0.25) is 0 Å². The average molecular weight is 291 g/mol. The summed E-state index contributed by atoms with van der Waals surface area (Å²) in [6.45, 7) is 0.575. The fourth-order valence-corrected chi connectivity index (χ4v) is 2.14. The van der Waals surface area contributed by atoms with Gasteiger partial charge in [0.1, 0.15) is 0 Å². The molecule has 21 heavy (non-hydrogen) atoms. The van der Waals surface area contributed by atoms with E-state index in [0.29, 0.717) is 6.54 Å². The fourth-order valence-electron chi connectivity index (χ4n) is 2.14. The first-order chi connectivity index (χ1) is 10.2. The molecule has 0 fully saturated rings. The van der Waals surface area contributed by atoms with Crippen LogP contribution < -0.4 is 5.32 Å². The lowest BCUT2D eigenvalue weighted by molar-refractivity contribution is 0.151. The summed E-state index contributed by atoms with van der Waals surface area (Å²) in [5, 5.41) is 12.7. The van der Waals surface area contributed by atoms with Crippen LogP contribution in [-0.2, 0) is 13.0 Å². The van der Waals surface area contributed by atoms with Crippen molar-refractivity contribution in [3.05, 3.63) is 71.3 Å². The third-order valence-electron chi connectivity index (χ3n) is 3.37. The Morgan fingerprint density at radius 2 is 1.57 bits per heavy atom. The van der Waals surface area contributed by atoms with Crippen LogP contribution in [0.25, 0.3) is 0 Å². The molecule has 0 bridgehead atoms. The van der Waals surface area contributed by atoms with E-state index in [1.165, 1.54) is 12.1 Å². The molecule has 1 atom stereocenters. The second kappa shape index (κ2) is 7.86. The zero-order valence-electron chi connectivity index (χ0n) is 11.7. The molecule has 2 N–H and O–H groups in total. The van der Waals surface area contributed by atoms with Gasteiger partial charge in [-0.15, -0.1) is 0 Å². The Morgan fingerprint density at radius 1 is 0.905 bits per heavy atom. The number of halogens is 2. The first-order valence-corrected chi connectivity index (χ1v) is 6.94. The van der Waals surface area contributed by atoms with Crippen LogP contribution in [0.5, 0.6) is 0 Å². The normalized spacial score (nSPS) is 12.6. The molecule has 2 aromatic rings. The summed E-state index contributed by atoms with van der Waals surface area (Å²) >= 11 is 0. The summed E-state index contributed by atoms with van der Waals surface area (Å²) in [5.74, 6) is 0. The maximum absolute atomic E-state index is 12.5. The van der Waals surface area contributed by atoms with Gasteiger partial charge in [0.15, 0.2) is 0 Å². The highest BCUT2D eigenvalue weighted by Gasteiger charge is 2.09. The van der Waals surface area contributed by atoms with Gasteiger partial charge in [0.05, 0.1) is 6.61 Å². The molecule has 0 aromatic heterocycles. The molecule has 4 heteroatoms. The highest BCUT2D eigenvalue weighted by molar-refractivity contribution is 5.23. The number of hydrogen-bond acceptors (Lipinski definition) is 2. The predicted octanol–water partition coefficient (Wildman–Crippen LogP) is 3.32. The van der Waals surface area contributed by atoms with Gasteiger partial charge >= 0.3 is 0 Å². The highest BCUT2D eigenvalue weighted by Crippen LogP contribution is 2.18. The van der Waals surface area contributed by atoms with E-state index in [-0.39, 0.29) is 18.2 Å². The monoisotopic (exact) mass is 291 g/mol. The van der Waals surface area contributed by atoms with Crippen LogP contribution in [0.3, 0.4) is 0 Å². The Hall–Kier alpha value is -1.78. The molecule has 0 amide bonds. The summed E-state index contributed by atoms with van der Waals surface area (Å²) in [4.78, 5) is 0. The van der Waals surface area contributed by atoms with Gasteiger partial charge in [-0.25, -0.2) is 8.78 Å². The minimum Gasteiger partial charge on any atom is -0.395 e. The van der Waals surface area contributed by atoms with Crippen LogP contribution in [0.1, 0.15) is 23.1 Å². The number of benzene rings is 2. The topological polar surface area (TPSA) is 32.3 Å². The van der Waals surface area contributed by atoms with Gasteiger partial charge in [-0.1, -0.05) is 54.6 Å². The van der Waals surface area contributed by atoms with E-state index in [0.717, 1.165) is 17.5 Å². The number of aliphatic hydroxyl groups is 1.